The first-order chi connectivity index (χ1) is 18.6. The van der Waals surface area contributed by atoms with E-state index in [0.29, 0.717) is 24.0 Å². The first-order valence-corrected chi connectivity index (χ1v) is 14.8. The van der Waals surface area contributed by atoms with Crippen LogP contribution in [-0.4, -0.2) is 44.5 Å². The summed E-state index contributed by atoms with van der Waals surface area (Å²) in [6.07, 6.45) is 9.47. The van der Waals surface area contributed by atoms with Gasteiger partial charge in [0, 0.05) is 36.5 Å². The van der Waals surface area contributed by atoms with Gasteiger partial charge in [-0.25, -0.2) is 13.1 Å². The summed E-state index contributed by atoms with van der Waals surface area (Å²) in [7, 11) is -0.406. The maximum atomic E-state index is 11.8. The van der Waals surface area contributed by atoms with Crippen LogP contribution in [0.25, 0.3) is 6.08 Å². The number of sulfonamides is 1. The van der Waals surface area contributed by atoms with Gasteiger partial charge in [-0.2, -0.15) is 0 Å². The Labute approximate surface area is 230 Å². The molecule has 0 saturated carbocycles. The Kier molecular flexibility index (Phi) is 8.82. The van der Waals surface area contributed by atoms with Crippen molar-refractivity contribution in [2.45, 2.75) is 38.8 Å². The van der Waals surface area contributed by atoms with Crippen molar-refractivity contribution < 1.29 is 27.8 Å². The molecule has 0 radical (unpaired) electrons. The largest absolute Gasteiger partial charge is 0.496 e. The lowest BCUT2D eigenvalue weighted by Gasteiger charge is -2.27. The average Bonchev–Trinajstić information content (AvgIpc) is 3.52. The van der Waals surface area contributed by atoms with Gasteiger partial charge >= 0.3 is 0 Å². The molecule has 208 valence electrons. The Balaban J connectivity index is 1.57. The number of methoxy groups -OCH3 is 2. The van der Waals surface area contributed by atoms with E-state index in [1.165, 1.54) is 17.2 Å². The van der Waals surface area contributed by atoms with Crippen molar-refractivity contribution in [2.24, 2.45) is 11.8 Å². The monoisotopic (exact) mass is 552 g/mol. The van der Waals surface area contributed by atoms with Crippen molar-refractivity contribution in [2.75, 3.05) is 20.5 Å². The Morgan fingerprint density at radius 2 is 1.74 bits per heavy atom. The predicted molar refractivity (Wildman–Crippen MR) is 151 cm³/mol. The molecule has 2 aromatic carbocycles. The number of aliphatic hydroxyl groups is 1. The highest BCUT2D eigenvalue weighted by atomic mass is 32.2. The minimum atomic E-state index is -3.62. The summed E-state index contributed by atoms with van der Waals surface area (Å²) >= 11 is 0. The van der Waals surface area contributed by atoms with Gasteiger partial charge in [0.25, 0.3) is 5.91 Å². The maximum absolute atomic E-state index is 11.8. The highest BCUT2D eigenvalue weighted by Gasteiger charge is 2.30. The molecule has 1 aromatic heterocycles. The highest BCUT2D eigenvalue weighted by Crippen LogP contribution is 2.39. The Morgan fingerprint density at radius 3 is 2.31 bits per heavy atom. The molecule has 8 nitrogen and oxygen atoms in total. The Morgan fingerprint density at radius 1 is 1.13 bits per heavy atom. The number of fused-ring (bicyclic) bond motifs is 1. The second-order valence-electron chi connectivity index (χ2n) is 10.2. The van der Waals surface area contributed by atoms with Gasteiger partial charge in [-0.1, -0.05) is 24.3 Å². The average molecular weight is 553 g/mol. The normalized spacial score (nSPS) is 15.2. The molecule has 0 spiro atoms. The van der Waals surface area contributed by atoms with Crippen molar-refractivity contribution in [1.82, 2.24) is 9.29 Å². The van der Waals surface area contributed by atoms with Crippen molar-refractivity contribution in [3.05, 3.63) is 88.8 Å². The van der Waals surface area contributed by atoms with E-state index < -0.39 is 22.0 Å². The summed E-state index contributed by atoms with van der Waals surface area (Å²) in [6, 6.07) is 14.1. The number of hydrogen-bond acceptors (Lipinski definition) is 6. The van der Waals surface area contributed by atoms with Gasteiger partial charge in [0.2, 0.25) is 10.0 Å². The SMILES string of the molecule is COc1cc([C@@H](O)[C@@H](CC2Cc3ccccc3C2)Cn2ccc(C=CC(=O)NS(C)(=O)=O)c2)cc(OC)c1C. The first-order valence-electron chi connectivity index (χ1n) is 12.9. The van der Waals surface area contributed by atoms with Gasteiger partial charge < -0.3 is 19.1 Å². The number of carbonyl (C=O) groups excluding carboxylic acids is 1. The molecule has 1 amide bonds. The lowest BCUT2D eigenvalue weighted by molar-refractivity contribution is -0.114. The summed E-state index contributed by atoms with van der Waals surface area (Å²) in [5.41, 5.74) is 5.10. The lowest BCUT2D eigenvalue weighted by Crippen LogP contribution is -2.27. The molecular formula is C30H36N2O6S. The van der Waals surface area contributed by atoms with E-state index in [1.807, 2.05) is 46.8 Å². The molecule has 4 rings (SSSR count). The highest BCUT2D eigenvalue weighted by molar-refractivity contribution is 7.89. The summed E-state index contributed by atoms with van der Waals surface area (Å²) in [4.78, 5) is 11.8. The van der Waals surface area contributed by atoms with Gasteiger partial charge in [-0.15, -0.1) is 0 Å². The standard InChI is InChI=1S/C30H36N2O6S/c1-20-27(37-2)16-25(17-28(20)38-3)30(34)26(15-22-13-23-7-5-6-8-24(23)14-22)19-32-12-11-21(18-32)9-10-29(33)31-39(4,35)36/h5-12,16-18,22,26,30,34H,13-15,19H2,1-4H3,(H,31,33)/t26-,30+/m0/s1. The topological polar surface area (TPSA) is 107 Å². The third-order valence-corrected chi connectivity index (χ3v) is 7.84. The zero-order valence-electron chi connectivity index (χ0n) is 22.8. The smallest absolute Gasteiger partial charge is 0.257 e. The van der Waals surface area contributed by atoms with Crippen molar-refractivity contribution in [3.8, 4) is 11.5 Å². The van der Waals surface area contributed by atoms with E-state index in [4.69, 9.17) is 9.47 Å². The Bertz CT molecular complexity index is 1410. The van der Waals surface area contributed by atoms with E-state index >= 15 is 0 Å². The lowest BCUT2D eigenvalue weighted by atomic mass is 9.85. The number of aliphatic hydroxyl groups excluding tert-OH is 1. The second-order valence-corrected chi connectivity index (χ2v) is 12.0. The fourth-order valence-electron chi connectivity index (χ4n) is 5.43. The predicted octanol–water partition coefficient (Wildman–Crippen LogP) is 4.06. The summed E-state index contributed by atoms with van der Waals surface area (Å²) in [6.45, 7) is 2.47. The van der Waals surface area contributed by atoms with Crippen LogP contribution in [-0.2, 0) is 34.2 Å². The summed E-state index contributed by atoms with van der Waals surface area (Å²) in [5, 5.41) is 11.7. The third-order valence-electron chi connectivity index (χ3n) is 7.27. The van der Waals surface area contributed by atoms with Crippen LogP contribution in [0.15, 0.2) is 60.9 Å². The number of nitrogens with zero attached hydrogens (tertiary/aromatic N) is 1. The summed E-state index contributed by atoms with van der Waals surface area (Å²) in [5.74, 6) is 0.916. The molecule has 9 heteroatoms. The fourth-order valence-corrected chi connectivity index (χ4v) is 5.86. The fraction of sp³-hybridized carbons (Fsp3) is 0.367. The maximum Gasteiger partial charge on any atom is 0.257 e. The first kappa shape index (κ1) is 28.4. The molecule has 3 aromatic rings. The van der Waals surface area contributed by atoms with Crippen LogP contribution in [0, 0.1) is 18.8 Å². The molecule has 0 unspecified atom stereocenters. The van der Waals surface area contributed by atoms with E-state index in [0.717, 1.165) is 42.2 Å². The molecule has 2 atom stereocenters. The number of carbonyl (C=O) groups is 1. The van der Waals surface area contributed by atoms with E-state index in [2.05, 4.69) is 24.3 Å². The van der Waals surface area contributed by atoms with Crippen molar-refractivity contribution >= 4 is 22.0 Å². The molecule has 0 aliphatic heterocycles. The van der Waals surface area contributed by atoms with Gasteiger partial charge in [-0.05, 0) is 78.6 Å². The van der Waals surface area contributed by atoms with Crippen LogP contribution in [0.1, 0.15) is 40.3 Å². The van der Waals surface area contributed by atoms with Crippen molar-refractivity contribution in [3.63, 3.8) is 0 Å². The second kappa shape index (κ2) is 12.1. The minimum Gasteiger partial charge on any atom is -0.496 e. The number of ether oxygens (including phenoxy) is 2. The van der Waals surface area contributed by atoms with Crippen LogP contribution < -0.4 is 14.2 Å². The van der Waals surface area contributed by atoms with Gasteiger partial charge in [0.15, 0.2) is 0 Å². The number of hydrogen-bond donors (Lipinski definition) is 2. The van der Waals surface area contributed by atoms with Crippen LogP contribution >= 0.6 is 0 Å². The number of aromatic nitrogens is 1. The third kappa shape index (κ3) is 7.30. The summed E-state index contributed by atoms with van der Waals surface area (Å²) < 4.78 is 37.6. The zero-order valence-corrected chi connectivity index (χ0v) is 23.6. The van der Waals surface area contributed by atoms with Gasteiger partial charge in [0.1, 0.15) is 11.5 Å². The van der Waals surface area contributed by atoms with Crippen molar-refractivity contribution in [1.29, 1.82) is 0 Å². The quantitative estimate of drug-likeness (QED) is 0.348. The molecular weight excluding hydrogens is 516 g/mol. The van der Waals surface area contributed by atoms with Crippen LogP contribution in [0.3, 0.4) is 0 Å². The zero-order chi connectivity index (χ0) is 28.2. The number of rotatable bonds is 11. The molecule has 0 fully saturated rings. The number of amides is 1. The molecule has 1 heterocycles. The number of nitrogens with one attached hydrogen (secondary N) is 1. The van der Waals surface area contributed by atoms with Gasteiger partial charge in [-0.3, -0.25) is 4.79 Å². The Hall–Kier alpha value is -3.56. The van der Waals surface area contributed by atoms with E-state index in [-0.39, 0.29) is 5.92 Å². The molecule has 0 saturated heterocycles. The van der Waals surface area contributed by atoms with E-state index in [9.17, 15) is 18.3 Å². The molecule has 1 aliphatic rings. The molecule has 1 aliphatic carbocycles. The van der Waals surface area contributed by atoms with Crippen LogP contribution in [0.2, 0.25) is 0 Å². The van der Waals surface area contributed by atoms with E-state index in [1.54, 1.807) is 20.3 Å². The van der Waals surface area contributed by atoms with Gasteiger partial charge in [0.05, 0.1) is 26.6 Å². The van der Waals surface area contributed by atoms with Crippen LogP contribution in [0.5, 0.6) is 11.5 Å². The van der Waals surface area contributed by atoms with Crippen LogP contribution in [0.4, 0.5) is 0 Å². The molecule has 0 bridgehead atoms. The number of benzene rings is 2. The molecule has 2 N–H and O–H groups in total. The minimum absolute atomic E-state index is 0.112. The molecule has 39 heavy (non-hydrogen) atoms.